The number of nitrogens with one attached hydrogen (secondary N) is 1. The fourth-order valence-electron chi connectivity index (χ4n) is 1.98. The molecule has 1 aliphatic rings. The van der Waals surface area contributed by atoms with Gasteiger partial charge in [0.05, 0.1) is 11.7 Å². The number of amides is 1. The average Bonchev–Trinajstić information content (AvgIpc) is 2.91. The summed E-state index contributed by atoms with van der Waals surface area (Å²) in [4.78, 5) is 22.8. The summed E-state index contributed by atoms with van der Waals surface area (Å²) < 4.78 is 24.0. The van der Waals surface area contributed by atoms with E-state index >= 15 is 0 Å². The molecule has 1 saturated heterocycles. The summed E-state index contributed by atoms with van der Waals surface area (Å²) in [7, 11) is 0. The first-order chi connectivity index (χ1) is 9.56. The maximum absolute atomic E-state index is 13.6. The van der Waals surface area contributed by atoms with Crippen molar-refractivity contribution in [2.75, 3.05) is 18.5 Å². The molecule has 0 radical (unpaired) electrons. The number of hydrogen-bond donors (Lipinski definition) is 1. The Balaban J connectivity index is 2.01. The Labute approximate surface area is 116 Å². The SMILES string of the molecule is CC(=O)Nc1ccc(F)c(C(=O)OC[C@H]2CCCO2)c1. The number of halogens is 1. The fourth-order valence-corrected chi connectivity index (χ4v) is 1.98. The Morgan fingerprint density at radius 2 is 2.30 bits per heavy atom. The van der Waals surface area contributed by atoms with Gasteiger partial charge >= 0.3 is 5.97 Å². The molecular weight excluding hydrogens is 265 g/mol. The van der Waals surface area contributed by atoms with E-state index in [0.29, 0.717) is 12.3 Å². The number of benzene rings is 1. The fraction of sp³-hybridized carbons (Fsp3) is 0.429. The second-order valence-corrected chi connectivity index (χ2v) is 4.61. The third-order valence-corrected chi connectivity index (χ3v) is 2.93. The smallest absolute Gasteiger partial charge is 0.341 e. The predicted molar refractivity (Wildman–Crippen MR) is 70.0 cm³/mol. The minimum atomic E-state index is -0.759. The zero-order valence-electron chi connectivity index (χ0n) is 11.1. The number of hydrogen-bond acceptors (Lipinski definition) is 4. The molecule has 6 heteroatoms. The van der Waals surface area contributed by atoms with Gasteiger partial charge in [-0.2, -0.15) is 0 Å². The number of esters is 1. The predicted octanol–water partition coefficient (Wildman–Crippen LogP) is 2.12. The van der Waals surface area contributed by atoms with Gasteiger partial charge in [-0.15, -0.1) is 0 Å². The van der Waals surface area contributed by atoms with Gasteiger partial charge in [-0.25, -0.2) is 9.18 Å². The molecule has 0 aromatic heterocycles. The quantitative estimate of drug-likeness (QED) is 0.859. The van der Waals surface area contributed by atoms with Crippen molar-refractivity contribution in [1.29, 1.82) is 0 Å². The van der Waals surface area contributed by atoms with Crippen LogP contribution in [0, 0.1) is 5.82 Å². The lowest BCUT2D eigenvalue weighted by Crippen LogP contribution is -2.18. The maximum Gasteiger partial charge on any atom is 0.341 e. The van der Waals surface area contributed by atoms with Crippen molar-refractivity contribution < 1.29 is 23.5 Å². The summed E-state index contributed by atoms with van der Waals surface area (Å²) in [6.07, 6.45) is 1.66. The van der Waals surface area contributed by atoms with Crippen molar-refractivity contribution in [3.63, 3.8) is 0 Å². The minimum absolute atomic E-state index is 0.111. The van der Waals surface area contributed by atoms with E-state index in [1.54, 1.807) is 0 Å². The Hall–Kier alpha value is -1.95. The van der Waals surface area contributed by atoms with Crippen LogP contribution in [0.25, 0.3) is 0 Å². The van der Waals surface area contributed by atoms with Crippen LogP contribution in [0.1, 0.15) is 30.1 Å². The summed E-state index contributed by atoms with van der Waals surface area (Å²) >= 11 is 0. The van der Waals surface area contributed by atoms with E-state index in [-0.39, 0.29) is 24.2 Å². The molecule has 1 fully saturated rings. The van der Waals surface area contributed by atoms with Gasteiger partial charge in [0.2, 0.25) is 5.91 Å². The van der Waals surface area contributed by atoms with E-state index in [2.05, 4.69) is 5.32 Å². The molecule has 0 spiro atoms. The van der Waals surface area contributed by atoms with Crippen molar-refractivity contribution in [3.05, 3.63) is 29.6 Å². The molecule has 1 aliphatic heterocycles. The van der Waals surface area contributed by atoms with E-state index in [1.165, 1.54) is 19.1 Å². The van der Waals surface area contributed by atoms with Gasteiger partial charge in [-0.1, -0.05) is 0 Å². The highest BCUT2D eigenvalue weighted by atomic mass is 19.1. The second-order valence-electron chi connectivity index (χ2n) is 4.61. The van der Waals surface area contributed by atoms with Crippen molar-refractivity contribution in [1.82, 2.24) is 0 Å². The summed E-state index contributed by atoms with van der Waals surface area (Å²) in [5, 5.41) is 2.49. The molecule has 0 bridgehead atoms. The highest BCUT2D eigenvalue weighted by Gasteiger charge is 2.20. The molecule has 108 valence electrons. The van der Waals surface area contributed by atoms with Crippen molar-refractivity contribution >= 4 is 17.6 Å². The standard InChI is InChI=1S/C14H16FNO4/c1-9(17)16-10-4-5-13(15)12(7-10)14(18)20-8-11-3-2-6-19-11/h4-5,7,11H,2-3,6,8H2,1H3,(H,16,17)/t11-/m1/s1. The number of carbonyl (C=O) groups excluding carboxylic acids is 2. The van der Waals surface area contributed by atoms with Crippen molar-refractivity contribution in [2.24, 2.45) is 0 Å². The van der Waals surface area contributed by atoms with Gasteiger partial charge in [-0.05, 0) is 31.0 Å². The molecule has 20 heavy (non-hydrogen) atoms. The van der Waals surface area contributed by atoms with Crippen LogP contribution in [0.2, 0.25) is 0 Å². The van der Waals surface area contributed by atoms with Gasteiger partial charge in [0, 0.05) is 19.2 Å². The molecule has 1 aromatic carbocycles. The largest absolute Gasteiger partial charge is 0.459 e. The van der Waals surface area contributed by atoms with Crippen LogP contribution in [0.4, 0.5) is 10.1 Å². The number of ether oxygens (including phenoxy) is 2. The molecule has 1 heterocycles. The molecule has 1 aromatic rings. The van der Waals surface area contributed by atoms with Gasteiger partial charge < -0.3 is 14.8 Å². The molecular formula is C14H16FNO4. The maximum atomic E-state index is 13.6. The van der Waals surface area contributed by atoms with Gasteiger partial charge in [0.1, 0.15) is 12.4 Å². The summed E-state index contributed by atoms with van der Waals surface area (Å²) in [6, 6.07) is 3.76. The molecule has 0 saturated carbocycles. The second kappa shape index (κ2) is 6.47. The van der Waals surface area contributed by atoms with Crippen molar-refractivity contribution in [2.45, 2.75) is 25.9 Å². The molecule has 0 unspecified atom stereocenters. The van der Waals surface area contributed by atoms with Gasteiger partial charge in [-0.3, -0.25) is 4.79 Å². The van der Waals surface area contributed by atoms with E-state index < -0.39 is 11.8 Å². The summed E-state index contributed by atoms with van der Waals surface area (Å²) in [5.74, 6) is -1.74. The molecule has 2 rings (SSSR count). The molecule has 1 atom stereocenters. The van der Waals surface area contributed by atoms with Crippen LogP contribution in [0.5, 0.6) is 0 Å². The van der Waals surface area contributed by atoms with Crippen LogP contribution in [0.3, 0.4) is 0 Å². The lowest BCUT2D eigenvalue weighted by atomic mass is 10.2. The third-order valence-electron chi connectivity index (χ3n) is 2.93. The zero-order chi connectivity index (χ0) is 14.5. The Morgan fingerprint density at radius 3 is 2.95 bits per heavy atom. The van der Waals surface area contributed by atoms with Crippen LogP contribution in [-0.4, -0.2) is 31.2 Å². The van der Waals surface area contributed by atoms with Gasteiger partial charge in [0.15, 0.2) is 0 Å². The van der Waals surface area contributed by atoms with Crippen LogP contribution in [-0.2, 0) is 14.3 Å². The number of rotatable bonds is 4. The first kappa shape index (κ1) is 14.5. The van der Waals surface area contributed by atoms with Crippen LogP contribution >= 0.6 is 0 Å². The third kappa shape index (κ3) is 3.77. The first-order valence-corrected chi connectivity index (χ1v) is 6.42. The van der Waals surface area contributed by atoms with E-state index in [1.807, 2.05) is 0 Å². The Bertz CT molecular complexity index is 512. The van der Waals surface area contributed by atoms with Crippen LogP contribution < -0.4 is 5.32 Å². The highest BCUT2D eigenvalue weighted by Crippen LogP contribution is 2.17. The molecule has 5 nitrogen and oxygen atoms in total. The van der Waals surface area contributed by atoms with Gasteiger partial charge in [0.25, 0.3) is 0 Å². The minimum Gasteiger partial charge on any atom is -0.459 e. The normalized spacial score (nSPS) is 17.8. The monoisotopic (exact) mass is 281 g/mol. The van der Waals surface area contributed by atoms with Crippen molar-refractivity contribution in [3.8, 4) is 0 Å². The van der Waals surface area contributed by atoms with E-state index in [9.17, 15) is 14.0 Å². The summed E-state index contributed by atoms with van der Waals surface area (Å²) in [5.41, 5.74) is 0.150. The first-order valence-electron chi connectivity index (χ1n) is 6.42. The molecule has 0 aliphatic carbocycles. The summed E-state index contributed by atoms with van der Waals surface area (Å²) in [6.45, 7) is 2.11. The highest BCUT2D eigenvalue weighted by molar-refractivity contribution is 5.93. The number of carbonyl (C=O) groups is 2. The lowest BCUT2D eigenvalue weighted by Gasteiger charge is -2.11. The van der Waals surface area contributed by atoms with E-state index in [0.717, 1.165) is 18.9 Å². The molecule has 1 N–H and O–H groups in total. The Kier molecular flexibility index (Phi) is 4.68. The number of anilines is 1. The van der Waals surface area contributed by atoms with E-state index in [4.69, 9.17) is 9.47 Å². The van der Waals surface area contributed by atoms with Crippen LogP contribution in [0.15, 0.2) is 18.2 Å². The zero-order valence-corrected chi connectivity index (χ0v) is 11.1. The topological polar surface area (TPSA) is 64.6 Å². The Morgan fingerprint density at radius 1 is 1.50 bits per heavy atom. The average molecular weight is 281 g/mol. The molecule has 1 amide bonds. The lowest BCUT2D eigenvalue weighted by molar-refractivity contribution is -0.114.